The van der Waals surface area contributed by atoms with Crippen LogP contribution < -0.4 is 0 Å². The average Bonchev–Trinajstić information content (AvgIpc) is 1.85. The van der Waals surface area contributed by atoms with Crippen molar-refractivity contribution in [3.63, 3.8) is 0 Å². The molecular formula is C8H17NO2. The number of rotatable bonds is 1. The van der Waals surface area contributed by atoms with E-state index < -0.39 is 0 Å². The van der Waals surface area contributed by atoms with Crippen molar-refractivity contribution >= 4 is 0 Å². The Morgan fingerprint density at radius 3 is 2.18 bits per heavy atom. The summed E-state index contributed by atoms with van der Waals surface area (Å²) in [5.74, 6) is 0. The molecule has 1 heterocycles. The predicted molar refractivity (Wildman–Crippen MR) is 43.3 cm³/mol. The van der Waals surface area contributed by atoms with Crippen molar-refractivity contribution in [2.75, 3.05) is 13.1 Å². The molecule has 1 N–H and O–H groups in total. The third kappa shape index (κ3) is 2.43. The van der Waals surface area contributed by atoms with Crippen LogP contribution in [0.3, 0.4) is 0 Å². The van der Waals surface area contributed by atoms with E-state index in [1.165, 1.54) is 0 Å². The fourth-order valence-corrected chi connectivity index (χ4v) is 1.52. The highest BCUT2D eigenvalue weighted by Crippen LogP contribution is 2.11. The fraction of sp³-hybridized carbons (Fsp3) is 1.00. The van der Waals surface area contributed by atoms with Gasteiger partial charge in [0.05, 0.1) is 12.2 Å². The minimum Gasteiger partial charge on any atom is -0.379 e. The summed E-state index contributed by atoms with van der Waals surface area (Å²) in [5, 5.41) is 9.28. The van der Waals surface area contributed by atoms with Crippen LogP contribution in [0.2, 0.25) is 0 Å². The predicted octanol–water partition coefficient (Wildman–Crippen LogP) is 0.434. The number of aliphatic hydroxyl groups is 1. The van der Waals surface area contributed by atoms with Crippen LogP contribution in [-0.2, 0) is 4.74 Å². The maximum absolute atomic E-state index is 9.28. The van der Waals surface area contributed by atoms with Crippen LogP contribution in [0, 0.1) is 0 Å². The maximum atomic E-state index is 9.28. The number of hydrogen-bond acceptors (Lipinski definition) is 3. The lowest BCUT2D eigenvalue weighted by Gasteiger charge is -2.36. The summed E-state index contributed by atoms with van der Waals surface area (Å²) in [5.41, 5.74) is 0. The van der Waals surface area contributed by atoms with Crippen LogP contribution in [-0.4, -0.2) is 41.5 Å². The van der Waals surface area contributed by atoms with Gasteiger partial charge in [0.15, 0.2) is 0 Å². The molecule has 3 unspecified atom stereocenters. The first-order valence-electron chi connectivity index (χ1n) is 4.17. The molecule has 0 aromatic heterocycles. The highest BCUT2D eigenvalue weighted by molar-refractivity contribution is 4.73. The van der Waals surface area contributed by atoms with Gasteiger partial charge in [0, 0.05) is 13.1 Å². The summed E-state index contributed by atoms with van der Waals surface area (Å²) >= 11 is 0. The highest BCUT2D eigenvalue weighted by Gasteiger charge is 2.24. The van der Waals surface area contributed by atoms with Gasteiger partial charge in [-0.1, -0.05) is 0 Å². The second-order valence-corrected chi connectivity index (χ2v) is 3.34. The Hall–Kier alpha value is -0.120. The van der Waals surface area contributed by atoms with E-state index in [0.29, 0.717) is 0 Å². The zero-order valence-electron chi connectivity index (χ0n) is 7.45. The molecule has 1 saturated heterocycles. The minimum absolute atomic E-state index is 0.244. The standard InChI is InChI=1S/C8H17NO2/c1-6-4-9(8(3)10)5-7(2)11-6/h6-8,10H,4-5H2,1-3H3. The van der Waals surface area contributed by atoms with Crippen LogP contribution in [0.25, 0.3) is 0 Å². The van der Waals surface area contributed by atoms with Gasteiger partial charge in [0.1, 0.15) is 6.23 Å². The van der Waals surface area contributed by atoms with Crippen molar-refractivity contribution in [2.45, 2.75) is 39.2 Å². The normalized spacial score (nSPS) is 37.1. The molecule has 1 aliphatic heterocycles. The van der Waals surface area contributed by atoms with Gasteiger partial charge < -0.3 is 9.84 Å². The SMILES string of the molecule is CC1CN(C(C)O)CC(C)O1. The Labute approximate surface area is 68.0 Å². The summed E-state index contributed by atoms with van der Waals surface area (Å²) < 4.78 is 5.51. The van der Waals surface area contributed by atoms with E-state index in [9.17, 15) is 5.11 Å². The molecule has 0 aliphatic carbocycles. The molecule has 66 valence electrons. The number of morpholine rings is 1. The molecule has 11 heavy (non-hydrogen) atoms. The molecule has 0 aromatic rings. The van der Waals surface area contributed by atoms with Crippen molar-refractivity contribution in [3.05, 3.63) is 0 Å². The zero-order valence-corrected chi connectivity index (χ0v) is 7.45. The van der Waals surface area contributed by atoms with Crippen LogP contribution in [0.1, 0.15) is 20.8 Å². The smallest absolute Gasteiger partial charge is 0.104 e. The Balaban J connectivity index is 2.43. The maximum Gasteiger partial charge on any atom is 0.104 e. The van der Waals surface area contributed by atoms with Gasteiger partial charge in [-0.2, -0.15) is 0 Å². The van der Waals surface area contributed by atoms with Crippen molar-refractivity contribution in [1.82, 2.24) is 4.90 Å². The number of aliphatic hydroxyl groups excluding tert-OH is 1. The minimum atomic E-state index is -0.344. The van der Waals surface area contributed by atoms with E-state index in [1.54, 1.807) is 6.92 Å². The zero-order chi connectivity index (χ0) is 8.43. The van der Waals surface area contributed by atoms with Crippen LogP contribution in [0.5, 0.6) is 0 Å². The number of nitrogens with zero attached hydrogens (tertiary/aromatic N) is 1. The van der Waals surface area contributed by atoms with Gasteiger partial charge >= 0.3 is 0 Å². The highest BCUT2D eigenvalue weighted by atomic mass is 16.5. The third-order valence-electron chi connectivity index (χ3n) is 1.98. The lowest BCUT2D eigenvalue weighted by molar-refractivity contribution is -0.114. The van der Waals surface area contributed by atoms with Crippen LogP contribution in [0.15, 0.2) is 0 Å². The Kier molecular flexibility index (Phi) is 2.87. The van der Waals surface area contributed by atoms with Gasteiger partial charge in [-0.25, -0.2) is 0 Å². The first kappa shape index (κ1) is 8.97. The Morgan fingerprint density at radius 1 is 1.36 bits per heavy atom. The Bertz CT molecular complexity index is 117. The fourth-order valence-electron chi connectivity index (χ4n) is 1.52. The topological polar surface area (TPSA) is 32.7 Å². The summed E-state index contributed by atoms with van der Waals surface area (Å²) in [6, 6.07) is 0. The van der Waals surface area contributed by atoms with Gasteiger partial charge in [-0.05, 0) is 20.8 Å². The van der Waals surface area contributed by atoms with Crippen molar-refractivity contribution in [1.29, 1.82) is 0 Å². The first-order chi connectivity index (χ1) is 5.09. The monoisotopic (exact) mass is 159 g/mol. The molecule has 0 bridgehead atoms. The third-order valence-corrected chi connectivity index (χ3v) is 1.98. The lowest BCUT2D eigenvalue weighted by atomic mass is 10.2. The van der Waals surface area contributed by atoms with Gasteiger partial charge in [-0.3, -0.25) is 4.90 Å². The molecule has 0 saturated carbocycles. The summed E-state index contributed by atoms with van der Waals surface area (Å²) in [6.07, 6.45) is 0.144. The van der Waals surface area contributed by atoms with E-state index >= 15 is 0 Å². The van der Waals surface area contributed by atoms with E-state index in [4.69, 9.17) is 4.74 Å². The van der Waals surface area contributed by atoms with E-state index in [1.807, 2.05) is 18.7 Å². The molecule has 3 heteroatoms. The molecule has 0 spiro atoms. The molecule has 1 fully saturated rings. The van der Waals surface area contributed by atoms with E-state index in [0.717, 1.165) is 13.1 Å². The second kappa shape index (κ2) is 3.52. The summed E-state index contributed by atoms with van der Waals surface area (Å²) in [4.78, 5) is 2.03. The van der Waals surface area contributed by atoms with E-state index in [-0.39, 0.29) is 18.4 Å². The number of ether oxygens (including phenoxy) is 1. The molecule has 1 rings (SSSR count). The Morgan fingerprint density at radius 2 is 1.82 bits per heavy atom. The molecule has 0 aromatic carbocycles. The lowest BCUT2D eigenvalue weighted by Crippen LogP contribution is -2.49. The molecule has 3 atom stereocenters. The molecule has 3 nitrogen and oxygen atoms in total. The van der Waals surface area contributed by atoms with Crippen LogP contribution >= 0.6 is 0 Å². The van der Waals surface area contributed by atoms with Crippen molar-refractivity contribution in [3.8, 4) is 0 Å². The summed E-state index contributed by atoms with van der Waals surface area (Å²) in [7, 11) is 0. The summed E-state index contributed by atoms with van der Waals surface area (Å²) in [6.45, 7) is 7.53. The molecular weight excluding hydrogens is 142 g/mol. The molecule has 1 aliphatic rings. The van der Waals surface area contributed by atoms with Gasteiger partial charge in [0.25, 0.3) is 0 Å². The van der Waals surface area contributed by atoms with Gasteiger partial charge in [-0.15, -0.1) is 0 Å². The molecule has 0 amide bonds. The van der Waals surface area contributed by atoms with E-state index in [2.05, 4.69) is 0 Å². The van der Waals surface area contributed by atoms with Crippen LogP contribution in [0.4, 0.5) is 0 Å². The van der Waals surface area contributed by atoms with Crippen molar-refractivity contribution in [2.24, 2.45) is 0 Å². The largest absolute Gasteiger partial charge is 0.379 e. The molecule has 0 radical (unpaired) electrons. The van der Waals surface area contributed by atoms with Crippen molar-refractivity contribution < 1.29 is 9.84 Å². The quantitative estimate of drug-likeness (QED) is 0.602. The average molecular weight is 159 g/mol. The first-order valence-corrected chi connectivity index (χ1v) is 4.17. The second-order valence-electron chi connectivity index (χ2n) is 3.34. The number of hydrogen-bond donors (Lipinski definition) is 1. The van der Waals surface area contributed by atoms with Gasteiger partial charge in [0.2, 0.25) is 0 Å².